The van der Waals surface area contributed by atoms with Crippen LogP contribution in [0.25, 0.3) is 0 Å². The summed E-state index contributed by atoms with van der Waals surface area (Å²) in [7, 11) is 0. The molecule has 29 heavy (non-hydrogen) atoms. The van der Waals surface area contributed by atoms with E-state index in [9.17, 15) is 9.59 Å². The fraction of sp³-hybridized carbons (Fsp3) is 0.727. The molecule has 7 heteroatoms. The Morgan fingerprint density at radius 2 is 1.69 bits per heavy atom. The molecule has 3 unspecified atom stereocenters. The summed E-state index contributed by atoms with van der Waals surface area (Å²) in [5.74, 6) is 1.46. The Morgan fingerprint density at radius 1 is 1.03 bits per heavy atom. The molecule has 7 nitrogen and oxygen atoms in total. The molecule has 1 saturated carbocycles. The third kappa shape index (κ3) is 4.15. The van der Waals surface area contributed by atoms with Crippen molar-refractivity contribution in [1.82, 2.24) is 20.2 Å². The van der Waals surface area contributed by atoms with E-state index >= 15 is 0 Å². The summed E-state index contributed by atoms with van der Waals surface area (Å²) >= 11 is 0. The van der Waals surface area contributed by atoms with Crippen LogP contribution in [0.5, 0.6) is 0 Å². The van der Waals surface area contributed by atoms with Crippen LogP contribution in [0.2, 0.25) is 0 Å². The van der Waals surface area contributed by atoms with Gasteiger partial charge in [0.25, 0.3) is 0 Å². The largest absolute Gasteiger partial charge is 0.338 e. The molecule has 1 aromatic rings. The van der Waals surface area contributed by atoms with Crippen molar-refractivity contribution in [2.75, 3.05) is 31.1 Å². The molecular formula is C22H33N5O2. The van der Waals surface area contributed by atoms with Gasteiger partial charge in [-0.3, -0.25) is 14.5 Å². The van der Waals surface area contributed by atoms with Crippen LogP contribution in [0, 0.1) is 23.7 Å². The summed E-state index contributed by atoms with van der Waals surface area (Å²) in [6, 6.07) is 2.22. The molecule has 0 bridgehead atoms. The number of likely N-dealkylation sites (tertiary alicyclic amines) is 1. The van der Waals surface area contributed by atoms with E-state index in [4.69, 9.17) is 0 Å². The molecule has 158 valence electrons. The van der Waals surface area contributed by atoms with Crippen LogP contribution >= 0.6 is 0 Å². The topological polar surface area (TPSA) is 78.4 Å². The van der Waals surface area contributed by atoms with Gasteiger partial charge in [-0.25, -0.2) is 9.97 Å². The Morgan fingerprint density at radius 3 is 2.34 bits per heavy atom. The van der Waals surface area contributed by atoms with Gasteiger partial charge in [-0.1, -0.05) is 20.3 Å². The van der Waals surface area contributed by atoms with Gasteiger partial charge in [0.1, 0.15) is 0 Å². The molecule has 2 aliphatic heterocycles. The number of rotatable bonds is 6. The van der Waals surface area contributed by atoms with E-state index in [1.807, 2.05) is 6.07 Å². The first kappa shape index (κ1) is 20.3. The minimum absolute atomic E-state index is 0.0781. The van der Waals surface area contributed by atoms with Crippen LogP contribution in [0.1, 0.15) is 46.0 Å². The van der Waals surface area contributed by atoms with Gasteiger partial charge in [0, 0.05) is 44.6 Å². The summed E-state index contributed by atoms with van der Waals surface area (Å²) in [6.07, 6.45) is 8.58. The molecule has 0 radical (unpaired) electrons. The van der Waals surface area contributed by atoms with Gasteiger partial charge < -0.3 is 10.2 Å². The van der Waals surface area contributed by atoms with Crippen molar-refractivity contribution in [2.45, 2.75) is 52.0 Å². The molecule has 0 spiro atoms. The van der Waals surface area contributed by atoms with Gasteiger partial charge in [-0.05, 0) is 43.6 Å². The first-order valence-electron chi connectivity index (χ1n) is 11.2. The number of imide groups is 1. The molecule has 3 fully saturated rings. The number of aromatic nitrogens is 2. The van der Waals surface area contributed by atoms with Crippen LogP contribution in [0.4, 0.5) is 5.95 Å². The highest BCUT2D eigenvalue weighted by molar-refractivity contribution is 6.05. The lowest BCUT2D eigenvalue weighted by molar-refractivity contribution is -0.140. The van der Waals surface area contributed by atoms with Crippen LogP contribution in [0.3, 0.4) is 0 Å². The molecular weight excluding hydrogens is 366 g/mol. The molecule has 3 aliphatic rings. The quantitative estimate of drug-likeness (QED) is 0.583. The Labute approximate surface area is 173 Å². The molecule has 1 aromatic heterocycles. The van der Waals surface area contributed by atoms with Crippen molar-refractivity contribution < 1.29 is 9.59 Å². The standard InChI is InChI=1S/C22H33N5O2/c1-15-7-8-16(2)19-18(15)20(28)27(21(19)29)12-4-3-6-17-14-26(13-11-23-17)22-24-9-5-10-25-22/h5,9-10,15-19,23H,3-4,6-8,11-14H2,1-2H3/t15?,16?,17?,18-,19+. The number of hydrogen-bond acceptors (Lipinski definition) is 6. The van der Waals surface area contributed by atoms with Gasteiger partial charge in [0.05, 0.1) is 11.8 Å². The predicted molar refractivity (Wildman–Crippen MR) is 111 cm³/mol. The zero-order chi connectivity index (χ0) is 20.4. The average molecular weight is 400 g/mol. The first-order chi connectivity index (χ1) is 14.1. The lowest BCUT2D eigenvalue weighted by Gasteiger charge is -2.33. The number of amides is 2. The summed E-state index contributed by atoms with van der Waals surface area (Å²) in [4.78, 5) is 38.3. The second-order valence-electron chi connectivity index (χ2n) is 9.05. The van der Waals surface area contributed by atoms with Crippen molar-refractivity contribution in [3.8, 4) is 0 Å². The summed E-state index contributed by atoms with van der Waals surface area (Å²) in [6.45, 7) is 7.57. The van der Waals surface area contributed by atoms with Crippen LogP contribution in [-0.4, -0.2) is 58.9 Å². The Kier molecular flexibility index (Phi) is 6.13. The van der Waals surface area contributed by atoms with Crippen LogP contribution < -0.4 is 10.2 Å². The molecule has 3 heterocycles. The fourth-order valence-corrected chi connectivity index (χ4v) is 5.39. The molecule has 4 rings (SSSR count). The zero-order valence-electron chi connectivity index (χ0n) is 17.6. The molecule has 1 aliphatic carbocycles. The van der Waals surface area contributed by atoms with Gasteiger partial charge in [0.2, 0.25) is 17.8 Å². The van der Waals surface area contributed by atoms with Crippen molar-refractivity contribution in [3.05, 3.63) is 18.5 Å². The molecule has 2 amide bonds. The van der Waals surface area contributed by atoms with Gasteiger partial charge in [0.15, 0.2) is 0 Å². The number of carbonyl (C=O) groups excluding carboxylic acids is 2. The number of anilines is 1. The maximum Gasteiger partial charge on any atom is 0.233 e. The fourth-order valence-electron chi connectivity index (χ4n) is 5.39. The maximum absolute atomic E-state index is 12.9. The Balaban J connectivity index is 1.25. The summed E-state index contributed by atoms with van der Waals surface area (Å²) in [5, 5.41) is 3.57. The van der Waals surface area contributed by atoms with E-state index in [1.54, 1.807) is 17.3 Å². The van der Waals surface area contributed by atoms with E-state index in [-0.39, 0.29) is 23.7 Å². The van der Waals surface area contributed by atoms with Crippen molar-refractivity contribution >= 4 is 17.8 Å². The number of fused-ring (bicyclic) bond motifs is 1. The summed E-state index contributed by atoms with van der Waals surface area (Å²) in [5.41, 5.74) is 0. The SMILES string of the molecule is CC1CCC(C)[C@@H]2C(=O)N(CCCCC3CN(c4ncccn4)CCN3)C(=O)[C@H]12. The highest BCUT2D eigenvalue weighted by atomic mass is 16.2. The smallest absolute Gasteiger partial charge is 0.233 e. The minimum atomic E-state index is -0.0781. The van der Waals surface area contributed by atoms with Crippen molar-refractivity contribution in [1.29, 1.82) is 0 Å². The number of nitrogens with one attached hydrogen (secondary N) is 1. The second-order valence-corrected chi connectivity index (χ2v) is 9.05. The molecule has 2 saturated heterocycles. The third-order valence-corrected chi connectivity index (χ3v) is 7.07. The number of hydrogen-bond donors (Lipinski definition) is 1. The highest BCUT2D eigenvalue weighted by Gasteiger charge is 2.53. The van der Waals surface area contributed by atoms with Crippen molar-refractivity contribution in [3.63, 3.8) is 0 Å². The molecule has 0 aromatic carbocycles. The van der Waals surface area contributed by atoms with E-state index in [1.165, 1.54) is 0 Å². The van der Waals surface area contributed by atoms with Crippen molar-refractivity contribution in [2.24, 2.45) is 23.7 Å². The van der Waals surface area contributed by atoms with Crippen LogP contribution in [-0.2, 0) is 9.59 Å². The number of unbranched alkanes of at least 4 members (excludes halogenated alkanes) is 1. The van der Waals surface area contributed by atoms with E-state index in [2.05, 4.69) is 34.0 Å². The molecule has 5 atom stereocenters. The third-order valence-electron chi connectivity index (χ3n) is 7.07. The molecule has 1 N–H and O–H groups in total. The lowest BCUT2D eigenvalue weighted by Crippen LogP contribution is -2.51. The zero-order valence-corrected chi connectivity index (χ0v) is 17.6. The van der Waals surface area contributed by atoms with E-state index in [0.29, 0.717) is 24.4 Å². The second kappa shape index (κ2) is 8.78. The summed E-state index contributed by atoms with van der Waals surface area (Å²) < 4.78 is 0. The normalized spacial score (nSPS) is 32.6. The monoisotopic (exact) mass is 399 g/mol. The number of carbonyl (C=O) groups is 2. The first-order valence-corrected chi connectivity index (χ1v) is 11.2. The number of nitrogens with zero attached hydrogens (tertiary/aromatic N) is 4. The maximum atomic E-state index is 12.9. The Bertz CT molecular complexity index is 699. The predicted octanol–water partition coefficient (Wildman–Crippen LogP) is 2.09. The van der Waals surface area contributed by atoms with Gasteiger partial charge >= 0.3 is 0 Å². The van der Waals surface area contributed by atoms with E-state index in [0.717, 1.165) is 57.7 Å². The number of piperazine rings is 1. The van der Waals surface area contributed by atoms with Gasteiger partial charge in [-0.2, -0.15) is 0 Å². The average Bonchev–Trinajstić information content (AvgIpc) is 3.00. The highest BCUT2D eigenvalue weighted by Crippen LogP contribution is 2.44. The Hall–Kier alpha value is -2.02. The van der Waals surface area contributed by atoms with E-state index < -0.39 is 0 Å². The van der Waals surface area contributed by atoms with Gasteiger partial charge in [-0.15, -0.1) is 0 Å². The lowest BCUT2D eigenvalue weighted by atomic mass is 9.69. The van der Waals surface area contributed by atoms with Crippen LogP contribution in [0.15, 0.2) is 18.5 Å². The minimum Gasteiger partial charge on any atom is -0.338 e.